The first-order chi connectivity index (χ1) is 6.81. The Bertz CT molecular complexity index is 315. The summed E-state index contributed by atoms with van der Waals surface area (Å²) in [6.45, 7) is 3.50. The van der Waals surface area contributed by atoms with Crippen LogP contribution in [0.5, 0.6) is 0 Å². The van der Waals surface area contributed by atoms with Crippen molar-refractivity contribution in [2.75, 3.05) is 17.8 Å². The molecule has 6 heteroatoms. The Morgan fingerprint density at radius 2 is 2.43 bits per heavy atom. The quantitative estimate of drug-likeness (QED) is 0.363. The smallest absolute Gasteiger partial charge is 0.159 e. The number of hydrogen-bond acceptors (Lipinski definition) is 6. The largest absolute Gasteiger partial charge is 0.390 e. The lowest BCUT2D eigenvalue weighted by Gasteiger charge is -2.08. The molecule has 1 aromatic rings. The molecule has 0 aliphatic heterocycles. The highest BCUT2D eigenvalue weighted by molar-refractivity contribution is 5.63. The summed E-state index contributed by atoms with van der Waals surface area (Å²) < 4.78 is 0. The van der Waals surface area contributed by atoms with Crippen molar-refractivity contribution in [3.05, 3.63) is 17.8 Å². The van der Waals surface area contributed by atoms with E-state index in [1.165, 1.54) is 0 Å². The van der Waals surface area contributed by atoms with E-state index >= 15 is 0 Å². The molecule has 4 N–H and O–H groups in total. The number of anilines is 2. The van der Waals surface area contributed by atoms with Crippen LogP contribution in [-0.2, 0) is 11.4 Å². The molecule has 14 heavy (non-hydrogen) atoms. The fourth-order valence-electron chi connectivity index (χ4n) is 0.999. The Morgan fingerprint density at radius 3 is 3.00 bits per heavy atom. The van der Waals surface area contributed by atoms with Crippen LogP contribution >= 0.6 is 0 Å². The molecule has 0 bridgehead atoms. The number of nitrogens with two attached hydrogens (primary N) is 1. The highest BCUT2D eigenvalue weighted by atomic mass is 16.6. The molecule has 1 heterocycles. The van der Waals surface area contributed by atoms with Crippen molar-refractivity contribution in [1.29, 1.82) is 0 Å². The Labute approximate surface area is 82.1 Å². The van der Waals surface area contributed by atoms with Crippen molar-refractivity contribution >= 4 is 18.2 Å². The van der Waals surface area contributed by atoms with Crippen molar-refractivity contribution in [3.8, 4) is 0 Å². The van der Waals surface area contributed by atoms with Crippen molar-refractivity contribution in [2.24, 2.45) is 11.0 Å². The zero-order valence-electron chi connectivity index (χ0n) is 7.95. The lowest BCUT2D eigenvalue weighted by atomic mass is 10.3. The van der Waals surface area contributed by atoms with Crippen LogP contribution in [0.1, 0.15) is 5.69 Å². The van der Waals surface area contributed by atoms with E-state index in [2.05, 4.69) is 27.6 Å². The van der Waals surface area contributed by atoms with E-state index in [1.807, 2.05) is 0 Å². The summed E-state index contributed by atoms with van der Waals surface area (Å²) in [6, 6.07) is 3.60. The molecule has 0 amide bonds. The lowest BCUT2D eigenvalue weighted by Crippen LogP contribution is -2.10. The predicted molar refractivity (Wildman–Crippen MR) is 55.9 cm³/mol. The predicted octanol–water partition coefficient (Wildman–Crippen LogP) is 0.541. The molecule has 0 aromatic carbocycles. The number of nitrogens with one attached hydrogen (secondary N) is 2. The molecule has 76 valence electrons. The Hall–Kier alpha value is -1.82. The summed E-state index contributed by atoms with van der Waals surface area (Å²) >= 11 is 0. The zero-order chi connectivity index (χ0) is 10.4. The summed E-state index contributed by atoms with van der Waals surface area (Å²) in [5.74, 6) is 5.95. The summed E-state index contributed by atoms with van der Waals surface area (Å²) in [4.78, 5) is 9.00. The minimum Gasteiger partial charge on any atom is -0.390 e. The number of hydrogen-bond donors (Lipinski definition) is 3. The normalized spacial score (nSPS) is 9.29. The zero-order valence-corrected chi connectivity index (χ0v) is 7.95. The SMILES string of the molecule is C=NOCc1ccc(NN)c(NC)n1. The van der Waals surface area contributed by atoms with Crippen LogP contribution in [0, 0.1) is 0 Å². The summed E-state index contributed by atoms with van der Waals surface area (Å²) in [5.41, 5.74) is 4.00. The standard InChI is InChI=1S/C8H13N5O/c1-10-8-7(13-9)4-3-6(12-8)5-14-11-2/h3-4,13H,2,5,9H2,1H3,(H,10,12). The van der Waals surface area contributed by atoms with Crippen LogP contribution in [0.25, 0.3) is 0 Å². The van der Waals surface area contributed by atoms with Gasteiger partial charge in [0.2, 0.25) is 0 Å². The van der Waals surface area contributed by atoms with Gasteiger partial charge in [-0.2, -0.15) is 0 Å². The topological polar surface area (TPSA) is 84.6 Å². The Balaban J connectivity index is 2.83. The molecule has 0 saturated heterocycles. The monoisotopic (exact) mass is 195 g/mol. The van der Waals surface area contributed by atoms with Gasteiger partial charge in [-0.3, -0.25) is 5.84 Å². The van der Waals surface area contributed by atoms with E-state index in [9.17, 15) is 0 Å². The maximum absolute atomic E-state index is 5.29. The van der Waals surface area contributed by atoms with Crippen LogP contribution in [0.15, 0.2) is 17.3 Å². The third-order valence-corrected chi connectivity index (χ3v) is 1.65. The van der Waals surface area contributed by atoms with Crippen LogP contribution < -0.4 is 16.6 Å². The van der Waals surface area contributed by atoms with E-state index in [0.717, 1.165) is 11.4 Å². The molecule has 6 nitrogen and oxygen atoms in total. The maximum atomic E-state index is 5.29. The van der Waals surface area contributed by atoms with Gasteiger partial charge >= 0.3 is 0 Å². The Morgan fingerprint density at radius 1 is 1.64 bits per heavy atom. The van der Waals surface area contributed by atoms with Gasteiger partial charge < -0.3 is 15.6 Å². The van der Waals surface area contributed by atoms with Crippen LogP contribution in [0.4, 0.5) is 11.5 Å². The third kappa shape index (κ3) is 2.33. The lowest BCUT2D eigenvalue weighted by molar-refractivity contribution is 0.130. The first kappa shape index (κ1) is 10.3. The minimum absolute atomic E-state index is 0.295. The summed E-state index contributed by atoms with van der Waals surface area (Å²) in [7, 11) is 1.76. The van der Waals surface area contributed by atoms with Gasteiger partial charge in [0.15, 0.2) is 12.4 Å². The van der Waals surface area contributed by atoms with Gasteiger partial charge in [-0.15, -0.1) is 5.16 Å². The molecular weight excluding hydrogens is 182 g/mol. The molecule has 0 fully saturated rings. The second kappa shape index (κ2) is 5.03. The van der Waals surface area contributed by atoms with Crippen molar-refractivity contribution in [1.82, 2.24) is 4.98 Å². The highest BCUT2D eigenvalue weighted by Gasteiger charge is 2.02. The molecule has 1 aromatic heterocycles. The van der Waals surface area contributed by atoms with Gasteiger partial charge in [-0.25, -0.2) is 4.98 Å². The van der Waals surface area contributed by atoms with Gasteiger partial charge in [-0.1, -0.05) is 0 Å². The first-order valence-electron chi connectivity index (χ1n) is 4.04. The van der Waals surface area contributed by atoms with E-state index < -0.39 is 0 Å². The number of rotatable bonds is 5. The van der Waals surface area contributed by atoms with E-state index in [4.69, 9.17) is 10.7 Å². The molecule has 1 rings (SSSR count). The van der Waals surface area contributed by atoms with Gasteiger partial charge in [0.25, 0.3) is 0 Å². The van der Waals surface area contributed by atoms with Crippen LogP contribution in [-0.4, -0.2) is 18.7 Å². The number of hydrazine groups is 1. The third-order valence-electron chi connectivity index (χ3n) is 1.65. The summed E-state index contributed by atoms with van der Waals surface area (Å²) in [6.07, 6.45) is 0. The minimum atomic E-state index is 0.295. The van der Waals surface area contributed by atoms with Crippen molar-refractivity contribution < 1.29 is 4.84 Å². The van der Waals surface area contributed by atoms with E-state index in [-0.39, 0.29) is 0 Å². The summed E-state index contributed by atoms with van der Waals surface area (Å²) in [5, 5.41) is 6.19. The van der Waals surface area contributed by atoms with Crippen molar-refractivity contribution in [3.63, 3.8) is 0 Å². The first-order valence-corrected chi connectivity index (χ1v) is 4.04. The second-order valence-electron chi connectivity index (χ2n) is 2.50. The van der Waals surface area contributed by atoms with Crippen molar-refractivity contribution in [2.45, 2.75) is 6.61 Å². The number of pyridine rings is 1. The number of nitrogen functional groups attached to an aromatic ring is 1. The molecule has 0 spiro atoms. The fourth-order valence-corrected chi connectivity index (χ4v) is 0.999. The second-order valence-corrected chi connectivity index (χ2v) is 2.50. The molecule has 0 saturated carbocycles. The van der Waals surface area contributed by atoms with Crippen LogP contribution in [0.3, 0.4) is 0 Å². The number of aromatic nitrogens is 1. The molecule has 0 atom stereocenters. The maximum Gasteiger partial charge on any atom is 0.159 e. The van der Waals surface area contributed by atoms with Crippen LogP contribution in [0.2, 0.25) is 0 Å². The Kier molecular flexibility index (Phi) is 3.69. The molecule has 0 radical (unpaired) electrons. The molecular formula is C8H13N5O. The number of oxime groups is 1. The van der Waals surface area contributed by atoms with Gasteiger partial charge in [-0.05, 0) is 12.1 Å². The van der Waals surface area contributed by atoms with E-state index in [0.29, 0.717) is 12.4 Å². The number of nitrogens with zero attached hydrogens (tertiary/aromatic N) is 2. The van der Waals surface area contributed by atoms with Gasteiger partial charge in [0, 0.05) is 13.8 Å². The average molecular weight is 195 g/mol. The van der Waals surface area contributed by atoms with Gasteiger partial charge in [0.1, 0.15) is 0 Å². The molecule has 0 aliphatic carbocycles. The molecule has 0 unspecified atom stereocenters. The van der Waals surface area contributed by atoms with Gasteiger partial charge in [0.05, 0.1) is 11.4 Å². The highest BCUT2D eigenvalue weighted by Crippen LogP contribution is 2.17. The molecule has 0 aliphatic rings. The average Bonchev–Trinajstić information content (AvgIpc) is 2.25. The van der Waals surface area contributed by atoms with E-state index in [1.54, 1.807) is 19.2 Å². The fraction of sp³-hybridized carbons (Fsp3) is 0.250.